The molecule has 0 unspecified atom stereocenters. The molecule has 0 aliphatic carbocycles. The molecule has 10 nitrogen and oxygen atoms in total. The fourth-order valence-corrected chi connectivity index (χ4v) is 6.52. The number of benzene rings is 2. The van der Waals surface area contributed by atoms with Crippen LogP contribution in [0, 0.1) is 5.82 Å². The molecule has 37 heavy (non-hydrogen) atoms. The first kappa shape index (κ1) is 25.3. The van der Waals surface area contributed by atoms with E-state index < -0.39 is 10.0 Å². The van der Waals surface area contributed by atoms with Gasteiger partial charge in [0, 0.05) is 50.4 Å². The van der Waals surface area contributed by atoms with Crippen LogP contribution in [0.1, 0.15) is 5.69 Å². The van der Waals surface area contributed by atoms with Crippen molar-refractivity contribution >= 4 is 26.3 Å². The molecule has 0 amide bonds. The average Bonchev–Trinajstić information content (AvgIpc) is 3.33. The summed E-state index contributed by atoms with van der Waals surface area (Å²) in [5.74, 6) is 0.416. The molecule has 0 atom stereocenters. The highest BCUT2D eigenvalue weighted by Crippen LogP contribution is 2.31. The third kappa shape index (κ3) is 5.07. The highest BCUT2D eigenvalue weighted by atomic mass is 32.2. The van der Waals surface area contributed by atoms with Gasteiger partial charge in [0.05, 0.1) is 24.8 Å². The molecular weight excluding hydrogens is 521 g/mol. The van der Waals surface area contributed by atoms with Crippen molar-refractivity contribution in [3.05, 3.63) is 70.4 Å². The molecule has 2 aromatic heterocycles. The molecule has 3 heterocycles. The minimum Gasteiger partial charge on any atom is -0.493 e. The molecule has 1 aliphatic heterocycles. The van der Waals surface area contributed by atoms with Crippen molar-refractivity contribution in [2.24, 2.45) is 0 Å². The molecule has 4 aromatic rings. The Kier molecular flexibility index (Phi) is 6.94. The van der Waals surface area contributed by atoms with Gasteiger partial charge in [-0.15, -0.1) is 0 Å². The lowest BCUT2D eigenvalue weighted by atomic mass is 10.2. The predicted octanol–water partition coefficient (Wildman–Crippen LogP) is 2.48. The zero-order chi connectivity index (χ0) is 26.2. The Morgan fingerprint density at radius 1 is 1.00 bits per heavy atom. The van der Waals surface area contributed by atoms with Crippen LogP contribution in [0.25, 0.3) is 15.5 Å². The van der Waals surface area contributed by atoms with Crippen LogP contribution >= 0.6 is 11.3 Å². The van der Waals surface area contributed by atoms with Gasteiger partial charge >= 0.3 is 0 Å². The van der Waals surface area contributed by atoms with Crippen LogP contribution in [0.3, 0.4) is 0 Å². The van der Waals surface area contributed by atoms with E-state index in [9.17, 15) is 17.6 Å². The van der Waals surface area contributed by atoms with Crippen LogP contribution < -0.4 is 15.0 Å². The Balaban J connectivity index is 1.29. The van der Waals surface area contributed by atoms with Gasteiger partial charge in [-0.05, 0) is 24.3 Å². The SMILES string of the molecule is COc1ccc(S(=O)(=O)N2CCN(Cc3cc(=O)n4nc(-c5cccc(F)c5)sc4n3)CC2)cc1OC. The topological polar surface area (TPSA) is 106 Å². The Morgan fingerprint density at radius 3 is 2.46 bits per heavy atom. The van der Waals surface area contributed by atoms with Gasteiger partial charge in [0.25, 0.3) is 5.56 Å². The maximum absolute atomic E-state index is 13.6. The van der Waals surface area contributed by atoms with E-state index in [0.717, 1.165) is 0 Å². The zero-order valence-corrected chi connectivity index (χ0v) is 21.8. The number of sulfonamides is 1. The first-order valence-electron chi connectivity index (χ1n) is 11.4. The third-order valence-electron chi connectivity index (χ3n) is 6.08. The molecular formula is C24H24FN5O5S2. The Morgan fingerprint density at radius 2 is 1.76 bits per heavy atom. The van der Waals surface area contributed by atoms with Crippen LogP contribution in [-0.4, -0.2) is 72.6 Å². The number of methoxy groups -OCH3 is 2. The van der Waals surface area contributed by atoms with Crippen LogP contribution in [0.5, 0.6) is 11.5 Å². The van der Waals surface area contributed by atoms with E-state index in [0.29, 0.717) is 65.4 Å². The van der Waals surface area contributed by atoms with Crippen LogP contribution in [0.4, 0.5) is 4.39 Å². The number of ether oxygens (including phenoxy) is 2. The Bertz CT molecular complexity index is 1610. The number of fused-ring (bicyclic) bond motifs is 1. The zero-order valence-electron chi connectivity index (χ0n) is 20.1. The van der Waals surface area contributed by atoms with Gasteiger partial charge in [0.15, 0.2) is 11.5 Å². The summed E-state index contributed by atoms with van der Waals surface area (Å²) in [6, 6.07) is 12.0. The predicted molar refractivity (Wildman–Crippen MR) is 136 cm³/mol. The summed E-state index contributed by atoms with van der Waals surface area (Å²) in [5, 5.41) is 4.79. The van der Waals surface area contributed by atoms with Gasteiger partial charge < -0.3 is 9.47 Å². The fraction of sp³-hybridized carbons (Fsp3) is 0.292. The highest BCUT2D eigenvalue weighted by Gasteiger charge is 2.29. The summed E-state index contributed by atoms with van der Waals surface area (Å²) in [7, 11) is -0.761. The van der Waals surface area contributed by atoms with Gasteiger partial charge in [-0.3, -0.25) is 9.69 Å². The number of hydrogen-bond donors (Lipinski definition) is 0. The van der Waals surface area contributed by atoms with Crippen molar-refractivity contribution in [3.8, 4) is 22.1 Å². The van der Waals surface area contributed by atoms with E-state index in [1.165, 1.54) is 64.7 Å². The maximum atomic E-state index is 13.6. The third-order valence-corrected chi connectivity index (χ3v) is 8.93. The monoisotopic (exact) mass is 545 g/mol. The second-order valence-corrected chi connectivity index (χ2v) is 11.3. The summed E-state index contributed by atoms with van der Waals surface area (Å²) in [6.07, 6.45) is 0. The molecule has 1 saturated heterocycles. The first-order chi connectivity index (χ1) is 17.8. The Hall–Kier alpha value is -3.39. The van der Waals surface area contributed by atoms with Crippen molar-refractivity contribution in [1.82, 2.24) is 23.8 Å². The maximum Gasteiger partial charge on any atom is 0.275 e. The molecule has 0 radical (unpaired) electrons. The summed E-state index contributed by atoms with van der Waals surface area (Å²) < 4.78 is 53.0. The minimum atomic E-state index is -3.71. The van der Waals surface area contributed by atoms with Crippen molar-refractivity contribution in [3.63, 3.8) is 0 Å². The number of halogens is 1. The first-order valence-corrected chi connectivity index (χ1v) is 13.6. The van der Waals surface area contributed by atoms with Crippen LogP contribution in [0.15, 0.2) is 58.2 Å². The smallest absolute Gasteiger partial charge is 0.275 e. The van der Waals surface area contributed by atoms with E-state index >= 15 is 0 Å². The number of piperazine rings is 1. The highest BCUT2D eigenvalue weighted by molar-refractivity contribution is 7.89. The molecule has 5 rings (SSSR count). The molecule has 0 spiro atoms. The normalized spacial score (nSPS) is 15.2. The molecule has 0 saturated carbocycles. The van der Waals surface area contributed by atoms with Crippen LogP contribution in [0.2, 0.25) is 0 Å². The summed E-state index contributed by atoms with van der Waals surface area (Å²) in [5.41, 5.74) is 0.812. The minimum absolute atomic E-state index is 0.137. The summed E-state index contributed by atoms with van der Waals surface area (Å²) in [4.78, 5) is 19.8. The summed E-state index contributed by atoms with van der Waals surface area (Å²) >= 11 is 1.21. The number of rotatable bonds is 7. The van der Waals surface area contributed by atoms with Gasteiger partial charge in [0.2, 0.25) is 15.0 Å². The van der Waals surface area contributed by atoms with Crippen molar-refractivity contribution in [2.75, 3.05) is 40.4 Å². The lowest BCUT2D eigenvalue weighted by molar-refractivity contribution is 0.180. The van der Waals surface area contributed by atoms with Crippen LogP contribution in [-0.2, 0) is 16.6 Å². The second kappa shape index (κ2) is 10.2. The largest absolute Gasteiger partial charge is 0.493 e. The quantitative estimate of drug-likeness (QED) is 0.349. The average molecular weight is 546 g/mol. The lowest BCUT2D eigenvalue weighted by Crippen LogP contribution is -2.48. The van der Waals surface area contributed by atoms with Gasteiger partial charge in [0.1, 0.15) is 10.8 Å². The van der Waals surface area contributed by atoms with Crippen molar-refractivity contribution in [1.29, 1.82) is 0 Å². The molecule has 1 fully saturated rings. The standard InChI is InChI=1S/C24H24FN5O5S2/c1-34-20-7-6-19(14-21(20)35-2)37(32,33)29-10-8-28(9-11-29)15-18-13-22(31)30-24(26-18)36-23(27-30)16-4-3-5-17(25)12-16/h3-7,12-14H,8-11,15H2,1-2H3. The van der Waals surface area contributed by atoms with Gasteiger partial charge in [-0.1, -0.05) is 23.5 Å². The molecule has 2 aromatic carbocycles. The molecule has 0 bridgehead atoms. The van der Waals surface area contributed by atoms with E-state index in [-0.39, 0.29) is 16.3 Å². The van der Waals surface area contributed by atoms with Crippen molar-refractivity contribution < 1.29 is 22.3 Å². The van der Waals surface area contributed by atoms with Crippen molar-refractivity contribution in [2.45, 2.75) is 11.4 Å². The van der Waals surface area contributed by atoms with E-state index in [1.807, 2.05) is 4.90 Å². The molecule has 13 heteroatoms. The number of hydrogen-bond acceptors (Lipinski definition) is 9. The number of aromatic nitrogens is 3. The van der Waals surface area contributed by atoms with Gasteiger partial charge in [-0.25, -0.2) is 17.8 Å². The van der Waals surface area contributed by atoms with E-state index in [1.54, 1.807) is 18.2 Å². The lowest BCUT2D eigenvalue weighted by Gasteiger charge is -2.33. The fourth-order valence-electron chi connectivity index (χ4n) is 4.16. The van der Waals surface area contributed by atoms with E-state index in [2.05, 4.69) is 10.1 Å². The number of nitrogens with zero attached hydrogens (tertiary/aromatic N) is 5. The molecule has 194 valence electrons. The van der Waals surface area contributed by atoms with Gasteiger partial charge in [-0.2, -0.15) is 13.9 Å². The summed E-state index contributed by atoms with van der Waals surface area (Å²) in [6.45, 7) is 1.93. The molecule has 1 aliphatic rings. The second-order valence-electron chi connectivity index (χ2n) is 8.39. The molecule has 0 N–H and O–H groups in total. The Labute approximate surface area is 216 Å². The van der Waals surface area contributed by atoms with E-state index in [4.69, 9.17) is 9.47 Å².